The van der Waals surface area contributed by atoms with E-state index < -0.39 is 46.5 Å². The lowest BCUT2D eigenvalue weighted by Crippen LogP contribution is -2.11. The fourth-order valence-corrected chi connectivity index (χ4v) is 3.38. The largest absolute Gasteiger partial charge is 0.507 e. The molecule has 0 spiro atoms. The predicted octanol–water partition coefficient (Wildman–Crippen LogP) is 2.63. The summed E-state index contributed by atoms with van der Waals surface area (Å²) in [6.07, 6.45) is 0. The van der Waals surface area contributed by atoms with Crippen molar-refractivity contribution in [3.63, 3.8) is 0 Å². The molecule has 3 aromatic rings. The molecule has 0 saturated carbocycles. The first kappa shape index (κ1) is 22.1. The number of phenols is 2. The van der Waals surface area contributed by atoms with Gasteiger partial charge in [-0.2, -0.15) is 5.90 Å². The van der Waals surface area contributed by atoms with Gasteiger partial charge in [-0.3, -0.25) is 0 Å². The lowest BCUT2D eigenvalue weighted by Gasteiger charge is -2.21. The Morgan fingerprint density at radius 2 is 1.03 bits per heavy atom. The molecule has 164 valence electrons. The van der Waals surface area contributed by atoms with Gasteiger partial charge >= 0.3 is 17.9 Å². The monoisotopic (exact) mass is 439 g/mol. The second-order valence-electron chi connectivity index (χ2n) is 6.78. The van der Waals surface area contributed by atoms with Gasteiger partial charge in [0.1, 0.15) is 28.2 Å². The van der Waals surface area contributed by atoms with Crippen LogP contribution in [0.1, 0.15) is 53.7 Å². The summed E-state index contributed by atoms with van der Waals surface area (Å²) in [6, 6.07) is 11.6. The lowest BCUT2D eigenvalue weighted by atomic mass is 9.83. The first-order valence-electron chi connectivity index (χ1n) is 9.00. The molecule has 0 radical (unpaired) electrons. The Labute approximate surface area is 180 Å². The van der Waals surface area contributed by atoms with Crippen molar-refractivity contribution in [3.8, 4) is 17.2 Å². The zero-order chi connectivity index (χ0) is 23.6. The molecule has 0 atom stereocenters. The molecular weight excluding hydrogens is 422 g/mol. The summed E-state index contributed by atoms with van der Waals surface area (Å²) in [7, 11) is 0. The fraction of sp³-hybridized carbons (Fsp3) is 0.0455. The molecule has 0 fully saturated rings. The van der Waals surface area contributed by atoms with E-state index in [-0.39, 0.29) is 11.3 Å². The molecule has 0 aliphatic carbocycles. The van der Waals surface area contributed by atoms with E-state index in [1.165, 1.54) is 54.6 Å². The molecular formula is C22H17NO9. The summed E-state index contributed by atoms with van der Waals surface area (Å²) in [5, 5.41) is 48.0. The topological polar surface area (TPSA) is 188 Å². The van der Waals surface area contributed by atoms with E-state index >= 15 is 0 Å². The number of rotatable bonds is 7. The van der Waals surface area contributed by atoms with Gasteiger partial charge in [0.25, 0.3) is 0 Å². The number of carbonyl (C=O) groups is 3. The molecule has 0 bridgehead atoms. The normalized spacial score (nSPS) is 10.7. The number of hydrogen-bond donors (Lipinski definition) is 6. The Kier molecular flexibility index (Phi) is 5.99. The van der Waals surface area contributed by atoms with E-state index in [9.17, 15) is 39.9 Å². The van der Waals surface area contributed by atoms with Crippen molar-refractivity contribution < 1.29 is 44.8 Å². The van der Waals surface area contributed by atoms with Crippen LogP contribution in [0.25, 0.3) is 0 Å². The molecule has 0 heterocycles. The summed E-state index contributed by atoms with van der Waals surface area (Å²) in [4.78, 5) is 39.2. The molecule has 0 aromatic heterocycles. The Morgan fingerprint density at radius 1 is 0.656 bits per heavy atom. The zero-order valence-electron chi connectivity index (χ0n) is 16.2. The van der Waals surface area contributed by atoms with Crippen LogP contribution in [0.4, 0.5) is 0 Å². The molecule has 7 N–H and O–H groups in total. The summed E-state index contributed by atoms with van der Waals surface area (Å²) in [6.45, 7) is 0. The van der Waals surface area contributed by atoms with Crippen molar-refractivity contribution >= 4 is 17.9 Å². The molecule has 32 heavy (non-hydrogen) atoms. The molecule has 0 saturated heterocycles. The van der Waals surface area contributed by atoms with Crippen molar-refractivity contribution in [2.45, 2.75) is 5.92 Å². The van der Waals surface area contributed by atoms with Gasteiger partial charge in [0, 0.05) is 5.92 Å². The second-order valence-corrected chi connectivity index (χ2v) is 6.78. The minimum Gasteiger partial charge on any atom is -0.507 e. The number of hydrogen-bond acceptors (Lipinski definition) is 7. The van der Waals surface area contributed by atoms with E-state index in [1.54, 1.807) is 0 Å². The highest BCUT2D eigenvalue weighted by atomic mass is 16.6. The number of aromatic hydroxyl groups is 2. The van der Waals surface area contributed by atoms with Crippen LogP contribution in [0.5, 0.6) is 17.2 Å². The van der Waals surface area contributed by atoms with Crippen LogP contribution in [-0.4, -0.2) is 43.4 Å². The van der Waals surface area contributed by atoms with Gasteiger partial charge in [0.05, 0.1) is 0 Å². The molecule has 0 amide bonds. The molecule has 10 nitrogen and oxygen atoms in total. The van der Waals surface area contributed by atoms with E-state index in [0.29, 0.717) is 16.7 Å². The smallest absolute Gasteiger partial charge is 0.339 e. The average Bonchev–Trinajstić information content (AvgIpc) is 2.75. The van der Waals surface area contributed by atoms with Gasteiger partial charge in [-0.15, -0.1) is 0 Å². The molecule has 10 heteroatoms. The molecule has 3 aromatic carbocycles. The number of benzene rings is 3. The van der Waals surface area contributed by atoms with Gasteiger partial charge in [-0.25, -0.2) is 14.4 Å². The van der Waals surface area contributed by atoms with Crippen LogP contribution in [0.3, 0.4) is 0 Å². The Balaban J connectivity index is 2.31. The van der Waals surface area contributed by atoms with Crippen LogP contribution < -0.4 is 10.7 Å². The Hall–Kier alpha value is -4.57. The summed E-state index contributed by atoms with van der Waals surface area (Å²) < 4.78 is 0. The SMILES string of the molecule is NOc1ccc(C(c2ccc(O)c(C(=O)O)c2)c2ccc(O)c(C(=O)O)c2)cc1C(=O)O. The number of carboxylic acids is 3. The van der Waals surface area contributed by atoms with E-state index in [0.717, 1.165) is 0 Å². The standard InChI is InChI=1S/C22H17NO9/c23-32-18-6-3-12(9-15(18)22(30)31)19(10-1-4-16(24)13(7-10)20(26)27)11-2-5-17(25)14(8-11)21(28)29/h1-9,19,24-25H,23H2,(H,26,27)(H,28,29)(H,30,31). The van der Waals surface area contributed by atoms with Crippen molar-refractivity contribution in [2.24, 2.45) is 5.90 Å². The third-order valence-corrected chi connectivity index (χ3v) is 4.86. The van der Waals surface area contributed by atoms with Gasteiger partial charge in [0.2, 0.25) is 0 Å². The Morgan fingerprint density at radius 3 is 1.41 bits per heavy atom. The van der Waals surface area contributed by atoms with Crippen molar-refractivity contribution in [3.05, 3.63) is 88.0 Å². The van der Waals surface area contributed by atoms with Crippen LogP contribution in [0.15, 0.2) is 54.6 Å². The summed E-state index contributed by atoms with van der Waals surface area (Å²) >= 11 is 0. The van der Waals surface area contributed by atoms with Crippen molar-refractivity contribution in [1.82, 2.24) is 0 Å². The highest BCUT2D eigenvalue weighted by Crippen LogP contribution is 2.37. The van der Waals surface area contributed by atoms with Gasteiger partial charge < -0.3 is 30.4 Å². The first-order chi connectivity index (χ1) is 15.1. The third-order valence-electron chi connectivity index (χ3n) is 4.86. The quantitative estimate of drug-likeness (QED) is 0.236. The predicted molar refractivity (Wildman–Crippen MR) is 109 cm³/mol. The van der Waals surface area contributed by atoms with Crippen molar-refractivity contribution in [1.29, 1.82) is 0 Å². The van der Waals surface area contributed by atoms with Gasteiger partial charge in [0.15, 0.2) is 5.75 Å². The highest BCUT2D eigenvalue weighted by molar-refractivity contribution is 5.93. The van der Waals surface area contributed by atoms with Crippen LogP contribution >= 0.6 is 0 Å². The Bertz CT molecular complexity index is 1170. The summed E-state index contributed by atoms with van der Waals surface area (Å²) in [5.74, 6) is -0.922. The highest BCUT2D eigenvalue weighted by Gasteiger charge is 2.24. The molecule has 0 unspecified atom stereocenters. The number of carboxylic acid groups (broad SMARTS) is 3. The minimum absolute atomic E-state index is 0.117. The molecule has 3 rings (SSSR count). The lowest BCUT2D eigenvalue weighted by molar-refractivity contribution is 0.0681. The zero-order valence-corrected chi connectivity index (χ0v) is 16.2. The summed E-state index contributed by atoms with van der Waals surface area (Å²) in [5.41, 5.74) is -0.0908. The molecule has 0 aliphatic rings. The van der Waals surface area contributed by atoms with Crippen LogP contribution in [0.2, 0.25) is 0 Å². The fourth-order valence-electron chi connectivity index (χ4n) is 3.38. The van der Waals surface area contributed by atoms with E-state index in [4.69, 9.17) is 5.90 Å². The number of aromatic carboxylic acids is 3. The minimum atomic E-state index is -1.39. The maximum Gasteiger partial charge on any atom is 0.339 e. The average molecular weight is 439 g/mol. The second kappa shape index (κ2) is 8.66. The number of nitrogens with two attached hydrogens (primary N) is 1. The van der Waals surface area contributed by atoms with E-state index in [1.807, 2.05) is 0 Å². The van der Waals surface area contributed by atoms with Crippen molar-refractivity contribution in [2.75, 3.05) is 0 Å². The van der Waals surface area contributed by atoms with E-state index in [2.05, 4.69) is 4.84 Å². The van der Waals surface area contributed by atoms with Gasteiger partial charge in [-0.05, 0) is 53.1 Å². The van der Waals surface area contributed by atoms with Crippen LogP contribution in [-0.2, 0) is 0 Å². The van der Waals surface area contributed by atoms with Crippen LogP contribution in [0, 0.1) is 0 Å². The van der Waals surface area contributed by atoms with Gasteiger partial charge in [-0.1, -0.05) is 18.2 Å². The maximum atomic E-state index is 11.6. The maximum absolute atomic E-state index is 11.6. The third kappa shape index (κ3) is 4.16. The molecule has 0 aliphatic heterocycles. The first-order valence-corrected chi connectivity index (χ1v) is 9.00.